The Balaban J connectivity index is 1.77. The molecule has 0 unspecified atom stereocenters. The topological polar surface area (TPSA) is 97.4 Å². The summed E-state index contributed by atoms with van der Waals surface area (Å²) < 4.78 is 45.6. The molecule has 3 rings (SSSR count). The number of anilines is 2. The molecule has 1 amide bonds. The van der Waals surface area contributed by atoms with Crippen LogP contribution in [0.4, 0.5) is 15.8 Å². The number of halogens is 1. The van der Waals surface area contributed by atoms with Gasteiger partial charge in [-0.15, -0.1) is 0 Å². The molecule has 9 heteroatoms. The van der Waals surface area contributed by atoms with E-state index in [1.54, 1.807) is 0 Å². The third-order valence-electron chi connectivity index (χ3n) is 3.70. The number of aromatic nitrogens is 1. The van der Waals surface area contributed by atoms with E-state index in [2.05, 4.69) is 15.0 Å². The zero-order chi connectivity index (χ0) is 20.1. The number of nitrogens with one attached hydrogen (secondary N) is 2. The van der Waals surface area contributed by atoms with Crippen molar-refractivity contribution in [2.75, 3.05) is 17.1 Å². The Kier molecular flexibility index (Phi) is 5.55. The minimum absolute atomic E-state index is 0.0305. The molecule has 2 aromatic carbocycles. The Morgan fingerprint density at radius 2 is 1.79 bits per heavy atom. The summed E-state index contributed by atoms with van der Waals surface area (Å²) in [7, 11) is -2.39. The number of pyridine rings is 1. The molecule has 0 atom stereocenters. The van der Waals surface area contributed by atoms with Gasteiger partial charge in [0.1, 0.15) is 11.6 Å². The number of carbonyl (C=O) groups excluding carboxylic acids is 1. The van der Waals surface area contributed by atoms with E-state index in [9.17, 15) is 17.6 Å². The van der Waals surface area contributed by atoms with E-state index >= 15 is 0 Å². The molecule has 0 radical (unpaired) electrons. The second-order valence-corrected chi connectivity index (χ2v) is 7.39. The van der Waals surface area contributed by atoms with Crippen LogP contribution in [0, 0.1) is 5.82 Å². The zero-order valence-electron chi connectivity index (χ0n) is 14.7. The molecule has 0 saturated carbocycles. The smallest absolute Gasteiger partial charge is 0.261 e. The Morgan fingerprint density at radius 1 is 1.04 bits per heavy atom. The van der Waals surface area contributed by atoms with E-state index in [0.29, 0.717) is 5.75 Å². The highest BCUT2D eigenvalue weighted by Crippen LogP contribution is 2.20. The highest BCUT2D eigenvalue weighted by molar-refractivity contribution is 7.92. The fraction of sp³-hybridized carbons (Fsp3) is 0.0526. The van der Waals surface area contributed by atoms with Crippen LogP contribution in [-0.2, 0) is 10.0 Å². The van der Waals surface area contributed by atoms with Crippen molar-refractivity contribution < 1.29 is 22.3 Å². The van der Waals surface area contributed by atoms with Gasteiger partial charge in [-0.3, -0.25) is 14.5 Å². The van der Waals surface area contributed by atoms with E-state index in [1.165, 1.54) is 74.1 Å². The first-order valence-electron chi connectivity index (χ1n) is 8.06. The SMILES string of the molecule is COc1ccc(S(=O)(=O)Nc2cncc(C(=O)Nc3cccc(F)c3)c2)cc1. The van der Waals surface area contributed by atoms with Crippen molar-refractivity contribution in [3.05, 3.63) is 78.4 Å². The molecule has 0 bridgehead atoms. The Bertz CT molecular complexity index is 1100. The fourth-order valence-electron chi connectivity index (χ4n) is 2.36. The molecule has 2 N–H and O–H groups in total. The second-order valence-electron chi connectivity index (χ2n) is 5.71. The standard InChI is InChI=1S/C19H16FN3O4S/c1-27-17-5-7-18(8-6-17)28(25,26)23-16-9-13(11-21-12-16)19(24)22-15-4-2-3-14(20)10-15/h2-12,23H,1H3,(H,22,24). The van der Waals surface area contributed by atoms with Crippen molar-refractivity contribution in [2.24, 2.45) is 0 Å². The number of rotatable bonds is 6. The number of carbonyl (C=O) groups is 1. The predicted octanol–water partition coefficient (Wildman–Crippen LogP) is 3.28. The quantitative estimate of drug-likeness (QED) is 0.661. The predicted molar refractivity (Wildman–Crippen MR) is 102 cm³/mol. The molecule has 3 aromatic rings. The monoisotopic (exact) mass is 401 g/mol. The lowest BCUT2D eigenvalue weighted by Crippen LogP contribution is -2.15. The van der Waals surface area contributed by atoms with Crippen LogP contribution in [0.3, 0.4) is 0 Å². The third kappa shape index (κ3) is 4.63. The first-order chi connectivity index (χ1) is 13.4. The molecule has 0 fully saturated rings. The minimum Gasteiger partial charge on any atom is -0.497 e. The lowest BCUT2D eigenvalue weighted by molar-refractivity contribution is 0.102. The van der Waals surface area contributed by atoms with E-state index in [1.807, 2.05) is 0 Å². The van der Waals surface area contributed by atoms with Gasteiger partial charge in [0.15, 0.2) is 0 Å². The van der Waals surface area contributed by atoms with Crippen LogP contribution in [0.15, 0.2) is 71.9 Å². The van der Waals surface area contributed by atoms with E-state index in [0.717, 1.165) is 0 Å². The molecule has 28 heavy (non-hydrogen) atoms. The van der Waals surface area contributed by atoms with Crippen molar-refractivity contribution in [1.82, 2.24) is 4.98 Å². The van der Waals surface area contributed by atoms with Gasteiger partial charge < -0.3 is 10.1 Å². The number of amides is 1. The Labute approximate surface area is 161 Å². The summed E-state index contributed by atoms with van der Waals surface area (Å²) in [5.74, 6) is -0.517. The number of hydrogen-bond acceptors (Lipinski definition) is 5. The minimum atomic E-state index is -3.87. The fourth-order valence-corrected chi connectivity index (χ4v) is 3.39. The highest BCUT2D eigenvalue weighted by atomic mass is 32.2. The highest BCUT2D eigenvalue weighted by Gasteiger charge is 2.16. The molecule has 0 spiro atoms. The maximum atomic E-state index is 13.2. The van der Waals surface area contributed by atoms with Gasteiger partial charge in [0, 0.05) is 11.9 Å². The number of sulfonamides is 1. The van der Waals surface area contributed by atoms with E-state index in [-0.39, 0.29) is 21.8 Å². The van der Waals surface area contributed by atoms with E-state index in [4.69, 9.17) is 4.74 Å². The number of nitrogens with zero attached hydrogens (tertiary/aromatic N) is 1. The van der Waals surface area contributed by atoms with Crippen molar-refractivity contribution in [3.8, 4) is 5.75 Å². The van der Waals surface area contributed by atoms with Crippen LogP contribution in [0.1, 0.15) is 10.4 Å². The summed E-state index contributed by atoms with van der Waals surface area (Å²) in [6, 6.07) is 12.6. The molecule has 0 saturated heterocycles. The summed E-state index contributed by atoms with van der Waals surface area (Å²) in [5, 5.41) is 2.52. The summed E-state index contributed by atoms with van der Waals surface area (Å²) in [6.07, 6.45) is 2.56. The Hall–Kier alpha value is -3.46. The Morgan fingerprint density at radius 3 is 2.46 bits per heavy atom. The summed E-state index contributed by atoms with van der Waals surface area (Å²) in [4.78, 5) is 16.2. The van der Waals surface area contributed by atoms with Gasteiger partial charge in [0.2, 0.25) is 0 Å². The maximum absolute atomic E-state index is 13.2. The number of ether oxygens (including phenoxy) is 1. The van der Waals surface area contributed by atoms with Gasteiger partial charge in [0.05, 0.1) is 29.5 Å². The van der Waals surface area contributed by atoms with Crippen molar-refractivity contribution in [1.29, 1.82) is 0 Å². The van der Waals surface area contributed by atoms with Crippen LogP contribution in [0.5, 0.6) is 5.75 Å². The molecule has 1 aromatic heterocycles. The third-order valence-corrected chi connectivity index (χ3v) is 5.10. The first kappa shape index (κ1) is 19.3. The second kappa shape index (κ2) is 8.05. The molecule has 0 aliphatic carbocycles. The van der Waals surface area contributed by atoms with Crippen LogP contribution in [-0.4, -0.2) is 26.4 Å². The molecule has 144 valence electrons. The first-order valence-corrected chi connectivity index (χ1v) is 9.54. The summed E-state index contributed by atoms with van der Waals surface area (Å²) in [6.45, 7) is 0. The van der Waals surface area contributed by atoms with Crippen LogP contribution < -0.4 is 14.8 Å². The van der Waals surface area contributed by atoms with E-state index < -0.39 is 21.7 Å². The largest absolute Gasteiger partial charge is 0.497 e. The lowest BCUT2D eigenvalue weighted by Gasteiger charge is -2.10. The van der Waals surface area contributed by atoms with Crippen molar-refractivity contribution in [2.45, 2.75) is 4.90 Å². The van der Waals surface area contributed by atoms with Crippen LogP contribution >= 0.6 is 0 Å². The molecule has 0 aliphatic heterocycles. The zero-order valence-corrected chi connectivity index (χ0v) is 15.5. The van der Waals surface area contributed by atoms with Gasteiger partial charge >= 0.3 is 0 Å². The summed E-state index contributed by atoms with van der Waals surface area (Å²) >= 11 is 0. The van der Waals surface area contributed by atoms with Gasteiger partial charge in [-0.05, 0) is 48.5 Å². The molecule has 1 heterocycles. The molecule has 0 aliphatic rings. The van der Waals surface area contributed by atoms with Crippen molar-refractivity contribution >= 4 is 27.3 Å². The van der Waals surface area contributed by atoms with Gasteiger partial charge in [-0.1, -0.05) is 6.07 Å². The maximum Gasteiger partial charge on any atom is 0.261 e. The number of benzene rings is 2. The van der Waals surface area contributed by atoms with Gasteiger partial charge in [-0.25, -0.2) is 12.8 Å². The van der Waals surface area contributed by atoms with Gasteiger partial charge in [-0.2, -0.15) is 0 Å². The lowest BCUT2D eigenvalue weighted by atomic mass is 10.2. The van der Waals surface area contributed by atoms with Gasteiger partial charge in [0.25, 0.3) is 15.9 Å². The normalized spacial score (nSPS) is 10.9. The number of hydrogen-bond donors (Lipinski definition) is 2. The van der Waals surface area contributed by atoms with Crippen molar-refractivity contribution in [3.63, 3.8) is 0 Å². The molecule has 7 nitrogen and oxygen atoms in total. The summed E-state index contributed by atoms with van der Waals surface area (Å²) in [5.41, 5.74) is 0.496. The number of methoxy groups -OCH3 is 1. The molecular formula is C19H16FN3O4S. The average Bonchev–Trinajstić information content (AvgIpc) is 2.68. The molecular weight excluding hydrogens is 385 g/mol. The van der Waals surface area contributed by atoms with Crippen LogP contribution in [0.2, 0.25) is 0 Å². The van der Waals surface area contributed by atoms with Crippen LogP contribution in [0.25, 0.3) is 0 Å². The average molecular weight is 401 g/mol.